The third kappa shape index (κ3) is 4.73. The van der Waals surface area contributed by atoms with Crippen LogP contribution in [0.5, 0.6) is 5.75 Å². The second-order valence-electron chi connectivity index (χ2n) is 5.20. The number of rotatable bonds is 5. The van der Waals surface area contributed by atoms with Crippen LogP contribution in [0.25, 0.3) is 0 Å². The van der Waals surface area contributed by atoms with Gasteiger partial charge in [-0.3, -0.25) is 4.79 Å². The average molecular weight is 348 g/mol. The van der Waals surface area contributed by atoms with Crippen LogP contribution in [-0.2, 0) is 6.18 Å². The molecule has 7 heteroatoms. The Balaban J connectivity index is 2.34. The normalized spacial score (nSPS) is 10.8. The second-order valence-corrected chi connectivity index (χ2v) is 5.20. The van der Waals surface area contributed by atoms with Crippen LogP contribution in [0.2, 0.25) is 0 Å². The molecule has 0 aliphatic heterocycles. The first-order chi connectivity index (χ1) is 11.8. The summed E-state index contributed by atoms with van der Waals surface area (Å²) in [7, 11) is 0. The predicted octanol–water partition coefficient (Wildman–Crippen LogP) is 4.62. The molecular weight excluding hydrogens is 333 g/mol. The van der Waals surface area contributed by atoms with Crippen LogP contribution in [-0.4, -0.2) is 12.5 Å². The van der Waals surface area contributed by atoms with E-state index in [-0.39, 0.29) is 22.6 Å². The van der Waals surface area contributed by atoms with E-state index >= 15 is 0 Å². The lowest BCUT2D eigenvalue weighted by molar-refractivity contribution is -0.137. The van der Waals surface area contributed by atoms with Gasteiger partial charge in [0.1, 0.15) is 5.75 Å². The maximum Gasteiger partial charge on any atom is 0.416 e. The molecule has 0 bridgehead atoms. The van der Waals surface area contributed by atoms with Gasteiger partial charge in [-0.25, -0.2) is 0 Å². The van der Waals surface area contributed by atoms with E-state index in [1.165, 1.54) is 30.3 Å². The number of hydrogen-bond acceptors (Lipinski definition) is 3. The highest BCUT2D eigenvalue weighted by atomic mass is 19.4. The van der Waals surface area contributed by atoms with Crippen molar-refractivity contribution in [2.45, 2.75) is 19.5 Å². The van der Waals surface area contributed by atoms with Crippen LogP contribution in [0.4, 0.5) is 18.9 Å². The molecule has 0 spiro atoms. The number of alkyl halides is 3. The number of anilines is 1. The summed E-state index contributed by atoms with van der Waals surface area (Å²) in [5.41, 5.74) is -0.523. The fourth-order valence-corrected chi connectivity index (χ4v) is 2.07. The van der Waals surface area contributed by atoms with Gasteiger partial charge in [0.2, 0.25) is 0 Å². The van der Waals surface area contributed by atoms with Crippen molar-refractivity contribution in [3.63, 3.8) is 0 Å². The van der Waals surface area contributed by atoms with Crippen LogP contribution in [0.1, 0.15) is 34.8 Å². The smallest absolute Gasteiger partial charge is 0.416 e. The molecule has 0 radical (unpaired) electrons. The molecule has 0 fully saturated rings. The number of carbonyl (C=O) groups is 1. The van der Waals surface area contributed by atoms with E-state index in [2.05, 4.69) is 5.32 Å². The zero-order valence-corrected chi connectivity index (χ0v) is 13.4. The van der Waals surface area contributed by atoms with Crippen molar-refractivity contribution in [3.05, 3.63) is 59.2 Å². The minimum absolute atomic E-state index is 0.0735. The van der Waals surface area contributed by atoms with Gasteiger partial charge in [0.15, 0.2) is 0 Å². The van der Waals surface area contributed by atoms with Crippen LogP contribution in [0, 0.1) is 11.3 Å². The summed E-state index contributed by atoms with van der Waals surface area (Å²) in [4.78, 5) is 12.3. The summed E-state index contributed by atoms with van der Waals surface area (Å²) in [5.74, 6) is -0.475. The Morgan fingerprint density at radius 2 is 2.00 bits per heavy atom. The fourth-order valence-electron chi connectivity index (χ4n) is 2.07. The van der Waals surface area contributed by atoms with Gasteiger partial charge >= 0.3 is 6.18 Å². The highest BCUT2D eigenvalue weighted by Gasteiger charge is 2.31. The zero-order chi connectivity index (χ0) is 18.4. The number of nitriles is 1. The topological polar surface area (TPSA) is 62.1 Å². The predicted molar refractivity (Wildman–Crippen MR) is 86.3 cm³/mol. The second kappa shape index (κ2) is 7.71. The molecule has 1 N–H and O–H groups in total. The number of hydrogen-bond donors (Lipinski definition) is 1. The Hall–Kier alpha value is -3.01. The van der Waals surface area contributed by atoms with Crippen LogP contribution >= 0.6 is 0 Å². The summed E-state index contributed by atoms with van der Waals surface area (Å²) in [5, 5.41) is 11.3. The molecule has 0 heterocycles. The number of benzene rings is 2. The molecule has 130 valence electrons. The molecule has 0 aliphatic rings. The number of carbonyl (C=O) groups excluding carboxylic acids is 1. The molecule has 0 unspecified atom stereocenters. The number of halogens is 3. The van der Waals surface area contributed by atoms with Crippen molar-refractivity contribution in [2.75, 3.05) is 11.9 Å². The molecule has 0 atom stereocenters. The number of nitrogens with one attached hydrogen (secondary N) is 1. The largest absolute Gasteiger partial charge is 0.491 e. The van der Waals surface area contributed by atoms with Crippen molar-refractivity contribution in [1.29, 1.82) is 5.26 Å². The number of ether oxygens (including phenoxy) is 1. The number of nitrogens with zero attached hydrogens (tertiary/aromatic N) is 1. The highest BCUT2D eigenvalue weighted by molar-refractivity contribution is 6.05. The van der Waals surface area contributed by atoms with Gasteiger partial charge in [0.25, 0.3) is 5.91 Å². The fraction of sp³-hybridized carbons (Fsp3) is 0.222. The summed E-state index contributed by atoms with van der Waals surface area (Å²) in [6.45, 7) is 2.16. The van der Waals surface area contributed by atoms with E-state index in [0.717, 1.165) is 12.1 Å². The number of amides is 1. The molecule has 0 aromatic heterocycles. The van der Waals surface area contributed by atoms with Gasteiger partial charge in [-0.05, 0) is 42.8 Å². The van der Waals surface area contributed by atoms with Crippen LogP contribution in [0.3, 0.4) is 0 Å². The van der Waals surface area contributed by atoms with Crippen molar-refractivity contribution in [1.82, 2.24) is 0 Å². The molecule has 0 aliphatic carbocycles. The van der Waals surface area contributed by atoms with Gasteiger partial charge in [-0.1, -0.05) is 13.0 Å². The molecule has 2 aromatic carbocycles. The lowest BCUT2D eigenvalue weighted by Crippen LogP contribution is -2.15. The van der Waals surface area contributed by atoms with Crippen molar-refractivity contribution in [2.24, 2.45) is 0 Å². The Labute approximate surface area is 142 Å². The van der Waals surface area contributed by atoms with Gasteiger partial charge in [-0.15, -0.1) is 0 Å². The average Bonchev–Trinajstić information content (AvgIpc) is 2.59. The van der Waals surface area contributed by atoms with E-state index in [4.69, 9.17) is 10.00 Å². The quantitative estimate of drug-likeness (QED) is 0.858. The van der Waals surface area contributed by atoms with Gasteiger partial charge in [0.05, 0.1) is 29.5 Å². The highest BCUT2D eigenvalue weighted by Crippen LogP contribution is 2.35. The van der Waals surface area contributed by atoms with Gasteiger partial charge in [0, 0.05) is 5.56 Å². The first-order valence-electron chi connectivity index (χ1n) is 7.50. The maximum absolute atomic E-state index is 12.9. The third-order valence-electron chi connectivity index (χ3n) is 3.27. The van der Waals surface area contributed by atoms with Crippen molar-refractivity contribution in [3.8, 4) is 11.8 Å². The Bertz CT molecular complexity index is 811. The maximum atomic E-state index is 12.9. The van der Waals surface area contributed by atoms with Gasteiger partial charge < -0.3 is 10.1 Å². The molecule has 4 nitrogen and oxygen atoms in total. The van der Waals surface area contributed by atoms with E-state index in [1.807, 2.05) is 13.0 Å². The molecular formula is C18H15F3N2O2. The van der Waals surface area contributed by atoms with E-state index in [9.17, 15) is 18.0 Å². The zero-order valence-electron chi connectivity index (χ0n) is 13.4. The standard InChI is InChI=1S/C18H15F3N2O2/c1-2-8-25-16-7-6-14(18(19,20)21)10-15(16)23-17(24)13-5-3-4-12(9-13)11-22/h3-7,9-10H,2,8H2,1H3,(H,23,24). The summed E-state index contributed by atoms with van der Waals surface area (Å²) < 4.78 is 44.2. The Morgan fingerprint density at radius 3 is 2.64 bits per heavy atom. The molecule has 2 aromatic rings. The molecule has 0 saturated heterocycles. The van der Waals surface area contributed by atoms with Gasteiger partial charge in [-0.2, -0.15) is 18.4 Å². The van der Waals surface area contributed by atoms with Crippen molar-refractivity contribution < 1.29 is 22.7 Å². The van der Waals surface area contributed by atoms with E-state index in [1.54, 1.807) is 0 Å². The molecule has 25 heavy (non-hydrogen) atoms. The third-order valence-corrected chi connectivity index (χ3v) is 3.27. The summed E-state index contributed by atoms with van der Waals surface area (Å²) in [6, 6.07) is 10.7. The molecule has 2 rings (SSSR count). The minimum atomic E-state index is -4.54. The Morgan fingerprint density at radius 1 is 1.24 bits per heavy atom. The SMILES string of the molecule is CCCOc1ccc(C(F)(F)F)cc1NC(=O)c1cccc(C#N)c1. The van der Waals surface area contributed by atoms with E-state index in [0.29, 0.717) is 13.0 Å². The lowest BCUT2D eigenvalue weighted by Gasteiger charge is -2.15. The molecule has 1 amide bonds. The summed E-state index contributed by atoms with van der Waals surface area (Å²) >= 11 is 0. The molecule has 0 saturated carbocycles. The van der Waals surface area contributed by atoms with Crippen LogP contribution < -0.4 is 10.1 Å². The lowest BCUT2D eigenvalue weighted by atomic mass is 10.1. The Kier molecular flexibility index (Phi) is 5.65. The van der Waals surface area contributed by atoms with Crippen molar-refractivity contribution >= 4 is 11.6 Å². The minimum Gasteiger partial charge on any atom is -0.491 e. The van der Waals surface area contributed by atoms with E-state index < -0.39 is 17.6 Å². The summed E-state index contributed by atoms with van der Waals surface area (Å²) in [6.07, 6.45) is -3.87. The van der Waals surface area contributed by atoms with Crippen LogP contribution in [0.15, 0.2) is 42.5 Å². The first-order valence-corrected chi connectivity index (χ1v) is 7.50. The first kappa shape index (κ1) is 18.3. The monoisotopic (exact) mass is 348 g/mol.